The Morgan fingerprint density at radius 1 is 0.613 bits per heavy atom. The molecule has 6 aliphatic heterocycles. The molecule has 124 heavy (non-hydrogen) atoms. The predicted octanol–water partition coefficient (Wildman–Crippen LogP) is 8.82. The molecular weight excluding hydrogens is 1600 g/mol. The van der Waals surface area contributed by atoms with E-state index in [0.29, 0.717) is 58.2 Å². The number of aliphatic hydroxyl groups is 2. The number of hydrogen-bond acceptors (Lipinski definition) is 28. The molecule has 2 aromatic carbocycles. The highest BCUT2D eigenvalue weighted by atomic mass is 16.7. The molecule has 36 nitrogen and oxygen atoms in total. The molecule has 8 unspecified atom stereocenters. The first-order valence-corrected chi connectivity index (χ1v) is 43.5. The normalized spacial score (nSPS) is 34.9. The third kappa shape index (κ3) is 22.0. The van der Waals surface area contributed by atoms with Crippen LogP contribution in [0, 0.1) is 59.7 Å². The SMILES string of the molecule is C#CCn1nnc2ccccc21.CC[C@H]1OC(=O)[C@H](C)C(=O)[C@H](C)[C@@H](OC2OC(C)CC(N(C)C)C2O)[C@@](C)(OC)C[C@@H](C)C(=O)[C@H](C)[C@H]2N(CCCCN=[N+]=[N-])C(=O)O[C@]12C.CC[C@H]1OC(=O)[C@H](C)C(=O)[C@H](C)[C@@H](OC2OC(C)CC(N(C)C)C2O)[C@@](C)(OC)C[C@@H](C)C(=O)[C@H](C)[C@H]2N(CCCCn3cc(Cn4nc5ccccc5[nH+]4)nn3)C(=O)O[C@]12C. The van der Waals surface area contributed by atoms with Crippen molar-refractivity contribution in [2.45, 2.75) is 303 Å². The molecule has 0 radical (unpaired) electrons. The standard InChI is InChI=1S/C44H66N8O10.C35H59N5O10.C9H7N3/c1-12-34-44(8)38(51(42(57)62-44)20-16-15-19-50-23-30(45-48-50)24-52-46-31-17-13-14-18-32(31)47-52)27(4)35(53)25(2)22-43(7,58-11)39(28(5)36(54)29(6)40(56)60-34)61-41-37(55)33(49(9)10)21-26(3)59-41;1-12-25-35(8)29(40(33(45)50-35)16-14-13-15-37-38-36)21(4)26(41)19(2)18-34(7,46-11)30(22(5)27(42)23(6)31(44)48-25)49-32-28(43)24(39(9)10)17-20(3)47-32;1-2-7-12-9-6-4-3-5-8(9)10-11-12/h13-14,17-18,23,25-29,33-34,37-39,41,55H,12,15-16,19-22,24H2,1-11H3;19-25,28-30,32,43H,12-18H2,1-11H3;1,3-6H,7H2/p+1/t25-,26?,27+,28+,29-,33?,34-,37?,38-,39-,41?,43+,44-;19-,20?,21+,22+,23-,24?,25-,28?,29-,30-,32?,34+,35-;/m11./s1. The number of aliphatic hydroxyl groups excluding tert-OH is 2. The molecule has 6 fully saturated rings. The number of likely N-dealkylation sites (N-methyl/N-ethyl adjacent to an activating group) is 2. The van der Waals surface area contributed by atoms with Gasteiger partial charge in [0, 0.05) is 98.0 Å². The van der Waals surface area contributed by atoms with Crippen LogP contribution in [0.4, 0.5) is 9.59 Å². The average Bonchev–Trinajstić information content (AvgIpc) is 1.57. The second-order valence-corrected chi connectivity index (χ2v) is 35.8. The molecule has 0 saturated carbocycles. The van der Waals surface area contributed by atoms with Gasteiger partial charge in [-0.2, -0.15) is 5.10 Å². The lowest BCUT2D eigenvalue weighted by molar-refractivity contribution is -0.469. The van der Waals surface area contributed by atoms with Gasteiger partial charge >= 0.3 is 24.1 Å². The molecule has 2 amide bonds. The molecule has 0 aliphatic carbocycles. The zero-order chi connectivity index (χ0) is 91.4. The fourth-order valence-corrected chi connectivity index (χ4v) is 19.3. The van der Waals surface area contributed by atoms with Gasteiger partial charge in [-0.1, -0.05) is 101 Å². The Hall–Kier alpha value is -8.99. The fourth-order valence-electron chi connectivity index (χ4n) is 19.3. The number of cyclic esters (lactones) is 2. The van der Waals surface area contributed by atoms with Crippen LogP contribution in [0.1, 0.15) is 181 Å². The minimum atomic E-state index is -1.42. The Morgan fingerprint density at radius 2 is 1.06 bits per heavy atom. The number of H-pyrrole nitrogens is 1. The molecule has 5 aromatic rings. The summed E-state index contributed by atoms with van der Waals surface area (Å²) in [5.74, 6) is -7.56. The number of ketones is 4. The summed E-state index contributed by atoms with van der Waals surface area (Å²) in [6.07, 6.45) is 0.905. The summed E-state index contributed by atoms with van der Waals surface area (Å²) in [5.41, 5.74) is 7.64. The van der Waals surface area contributed by atoms with Crippen LogP contribution in [-0.2, 0) is 95.8 Å². The third-order valence-electron chi connectivity index (χ3n) is 26.3. The fraction of sp³-hybridized carbons (Fsp3) is 0.727. The summed E-state index contributed by atoms with van der Waals surface area (Å²) in [6, 6.07) is 13.3. The van der Waals surface area contributed by atoms with Crippen LogP contribution in [0.15, 0.2) is 59.8 Å². The van der Waals surface area contributed by atoms with Crippen LogP contribution >= 0.6 is 0 Å². The van der Waals surface area contributed by atoms with E-state index < -0.39 is 167 Å². The summed E-state index contributed by atoms with van der Waals surface area (Å²) in [7, 11) is 10.4. The summed E-state index contributed by atoms with van der Waals surface area (Å²) < 4.78 is 65.5. The van der Waals surface area contributed by atoms with Gasteiger partial charge in [0.25, 0.3) is 0 Å². The predicted molar refractivity (Wildman–Crippen MR) is 453 cm³/mol. The van der Waals surface area contributed by atoms with Crippen molar-refractivity contribution < 1.29 is 101 Å². The second kappa shape index (κ2) is 42.5. The van der Waals surface area contributed by atoms with Gasteiger partial charge in [0.2, 0.25) is 5.52 Å². The van der Waals surface area contributed by atoms with Gasteiger partial charge in [-0.05, 0) is 182 Å². The van der Waals surface area contributed by atoms with E-state index in [9.17, 15) is 48.6 Å². The van der Waals surface area contributed by atoms with Crippen LogP contribution in [0.3, 0.4) is 0 Å². The maximum atomic E-state index is 14.8. The van der Waals surface area contributed by atoms with E-state index in [0.717, 1.165) is 27.8 Å². The molecule has 6 aliphatic rings. The molecule has 26 atom stereocenters. The minimum Gasteiger partial charge on any atom is -0.458 e. The number of terminal acetylenes is 1. The van der Waals surface area contributed by atoms with E-state index in [1.807, 2.05) is 113 Å². The maximum Gasteiger partial charge on any atom is 0.410 e. The first-order valence-electron chi connectivity index (χ1n) is 43.5. The number of esters is 2. The van der Waals surface area contributed by atoms with Crippen molar-refractivity contribution in [1.82, 2.24) is 59.5 Å². The molecule has 36 heteroatoms. The van der Waals surface area contributed by atoms with Gasteiger partial charge in [0.1, 0.15) is 72.1 Å². The zero-order valence-corrected chi connectivity index (χ0v) is 76.2. The number of aromatic amines is 1. The second-order valence-electron chi connectivity index (χ2n) is 35.8. The molecule has 11 rings (SSSR count). The van der Waals surface area contributed by atoms with Crippen molar-refractivity contribution in [3.8, 4) is 12.3 Å². The highest BCUT2D eigenvalue weighted by Gasteiger charge is 2.63. The van der Waals surface area contributed by atoms with Crippen LogP contribution in [0.2, 0.25) is 0 Å². The van der Waals surface area contributed by atoms with E-state index in [4.69, 9.17) is 59.3 Å². The van der Waals surface area contributed by atoms with E-state index in [1.165, 1.54) is 33.0 Å². The number of para-hydroxylation sites is 2. The zero-order valence-electron chi connectivity index (χ0n) is 76.2. The molecule has 0 spiro atoms. The number of nitrogens with one attached hydrogen (secondary N) is 1. The van der Waals surface area contributed by atoms with Gasteiger partial charge in [-0.3, -0.25) is 33.4 Å². The number of methoxy groups -OCH3 is 2. The van der Waals surface area contributed by atoms with Crippen molar-refractivity contribution >= 4 is 69.3 Å². The van der Waals surface area contributed by atoms with E-state index in [-0.39, 0.29) is 81.2 Å². The van der Waals surface area contributed by atoms with Crippen molar-refractivity contribution in [2.75, 3.05) is 62.0 Å². The highest BCUT2D eigenvalue weighted by Crippen LogP contribution is 2.47. The number of carbonyl (C=O) groups excluding carboxylic acids is 8. The number of rotatable bonds is 23. The van der Waals surface area contributed by atoms with Gasteiger partial charge in [-0.15, -0.1) is 16.6 Å². The number of carbonyl (C=O) groups is 8. The number of aryl methyl sites for hydroxylation is 1. The van der Waals surface area contributed by atoms with Crippen molar-refractivity contribution in [1.29, 1.82) is 0 Å². The minimum absolute atomic E-state index is 0.116. The number of unbranched alkanes of at least 4 members (excludes halogenated alkanes) is 2. The summed E-state index contributed by atoms with van der Waals surface area (Å²) in [4.78, 5) is 124. The largest absolute Gasteiger partial charge is 0.458 e. The van der Waals surface area contributed by atoms with Crippen LogP contribution in [0.25, 0.3) is 32.5 Å². The van der Waals surface area contributed by atoms with Gasteiger partial charge in [0.15, 0.2) is 40.9 Å². The summed E-state index contributed by atoms with van der Waals surface area (Å²) in [6.45, 7) is 29.8. The van der Waals surface area contributed by atoms with Crippen molar-refractivity contribution in [3.05, 3.63) is 70.9 Å². The number of Topliss-reactive ketones (excluding diaryl/α,β-unsaturated/α-hetero) is 4. The number of amides is 2. The Bertz CT molecular complexity index is 4550. The molecular formula is C88H133N16O20+. The lowest BCUT2D eigenvalue weighted by Crippen LogP contribution is -2.60. The van der Waals surface area contributed by atoms with Crippen LogP contribution < -0.4 is 5.10 Å². The van der Waals surface area contributed by atoms with E-state index in [2.05, 4.69) is 46.8 Å². The van der Waals surface area contributed by atoms with Gasteiger partial charge < -0.3 is 77.2 Å². The first-order chi connectivity index (χ1) is 58.6. The number of ether oxygens (including phenoxy) is 10. The van der Waals surface area contributed by atoms with Crippen LogP contribution in [-0.4, -0.2) is 287 Å². The monoisotopic (exact) mass is 1730 g/mol. The van der Waals surface area contributed by atoms with E-state index >= 15 is 0 Å². The molecule has 9 heterocycles. The number of benzene rings is 2. The summed E-state index contributed by atoms with van der Waals surface area (Å²) in [5, 5.41) is 50.7. The van der Waals surface area contributed by atoms with Crippen LogP contribution in [0.5, 0.6) is 0 Å². The third-order valence-corrected chi connectivity index (χ3v) is 26.3. The Balaban J connectivity index is 0.000000251. The van der Waals surface area contributed by atoms with Crippen molar-refractivity contribution in [2.24, 2.45) is 52.5 Å². The lowest BCUT2D eigenvalue weighted by atomic mass is 9.73. The Labute approximate surface area is 726 Å². The van der Waals surface area contributed by atoms with Gasteiger partial charge in [-0.25, -0.2) is 14.3 Å². The maximum absolute atomic E-state index is 14.8. The van der Waals surface area contributed by atoms with E-state index in [1.54, 1.807) is 95.2 Å². The number of hydrogen-bond donors (Lipinski definition) is 2. The quantitative estimate of drug-likeness (QED) is 0.00900. The topological polar surface area (TPSA) is 424 Å². The number of aromatic nitrogens is 9. The number of nitrogens with zero attached hydrogens (tertiary/aromatic N) is 15. The smallest absolute Gasteiger partial charge is 0.410 e. The molecule has 684 valence electrons. The number of fused-ring (bicyclic) bond motifs is 4. The Kier molecular flexibility index (Phi) is 33.9. The molecule has 3 N–H and O–H groups in total. The number of azide groups is 1. The Morgan fingerprint density at radius 3 is 1.51 bits per heavy atom. The summed E-state index contributed by atoms with van der Waals surface area (Å²) >= 11 is 0. The average molecular weight is 1740 g/mol. The lowest BCUT2D eigenvalue weighted by Gasteiger charge is -2.47. The molecule has 0 bridgehead atoms. The molecule has 3 aromatic heterocycles. The molecule has 6 saturated heterocycles. The highest BCUT2D eigenvalue weighted by molar-refractivity contribution is 6.01. The van der Waals surface area contributed by atoms with Gasteiger partial charge in [0.05, 0.1) is 59.4 Å². The van der Waals surface area contributed by atoms with Crippen molar-refractivity contribution in [3.63, 3.8) is 0 Å². The first kappa shape index (κ1) is 98.8.